The molecule has 0 radical (unpaired) electrons. The summed E-state index contributed by atoms with van der Waals surface area (Å²) in [5, 5.41) is 0. The second-order valence-electron chi connectivity index (χ2n) is 4.37. The van der Waals surface area contributed by atoms with Crippen LogP contribution in [0.4, 0.5) is 0 Å². The van der Waals surface area contributed by atoms with Crippen LogP contribution in [0.2, 0.25) is 3.43 Å². The molecular formula is C10H16HgO3. The van der Waals surface area contributed by atoms with Crippen molar-refractivity contribution in [3.05, 3.63) is 0 Å². The molecule has 2 fully saturated rings. The van der Waals surface area contributed by atoms with Gasteiger partial charge in [-0.15, -0.1) is 0 Å². The molecule has 2 aliphatic rings. The molecule has 76 valence electrons. The number of rotatable bonds is 2. The van der Waals surface area contributed by atoms with Gasteiger partial charge in [0.05, 0.1) is 0 Å². The van der Waals surface area contributed by atoms with Gasteiger partial charge in [-0.05, 0) is 0 Å². The van der Waals surface area contributed by atoms with E-state index >= 15 is 0 Å². The topological polar surface area (TPSA) is 35.5 Å². The molecule has 4 heteroatoms. The Labute approximate surface area is 97.6 Å². The van der Waals surface area contributed by atoms with Crippen molar-refractivity contribution < 1.29 is 37.2 Å². The Bertz CT molecular complexity index is 219. The van der Waals surface area contributed by atoms with Crippen molar-refractivity contribution in [1.29, 1.82) is 0 Å². The Balaban J connectivity index is 1.86. The van der Waals surface area contributed by atoms with Gasteiger partial charge >= 0.3 is 97.8 Å². The van der Waals surface area contributed by atoms with Crippen LogP contribution < -0.4 is 0 Å². The minimum absolute atomic E-state index is 0.0783. The first-order valence-corrected chi connectivity index (χ1v) is 11.0. The van der Waals surface area contributed by atoms with Crippen molar-refractivity contribution in [1.82, 2.24) is 0 Å². The van der Waals surface area contributed by atoms with Gasteiger partial charge in [0, 0.05) is 0 Å². The van der Waals surface area contributed by atoms with E-state index in [1.54, 1.807) is 0 Å². The van der Waals surface area contributed by atoms with E-state index in [1.807, 2.05) is 0 Å². The molecule has 2 rings (SSSR count). The van der Waals surface area contributed by atoms with E-state index in [1.165, 1.54) is 39.0 Å². The molecule has 2 heterocycles. The fraction of sp³-hybridized carbons (Fsp3) is 0.900. The average molecular weight is 385 g/mol. The summed E-state index contributed by atoms with van der Waals surface area (Å²) in [5.74, 6) is -0.0783. The standard InChI is InChI=1S/C8H13O.C2H4O2.Hg/c1-2-4-8-6-5-7(3-1)9-8;1-2(3)4;/h3,7-8H,1-2,4-6H2;1H3,(H,3,4);/q;;+1/p-1. The van der Waals surface area contributed by atoms with Crippen molar-refractivity contribution in [2.24, 2.45) is 0 Å². The first-order chi connectivity index (χ1) is 6.75. The zero-order valence-corrected chi connectivity index (χ0v) is 14.2. The van der Waals surface area contributed by atoms with E-state index in [0.29, 0.717) is 15.6 Å². The van der Waals surface area contributed by atoms with Gasteiger partial charge in [0.15, 0.2) is 0 Å². The molecule has 0 aromatic rings. The summed E-state index contributed by atoms with van der Waals surface area (Å²) in [6, 6.07) is 0. The molecule has 2 aliphatic heterocycles. The molecule has 2 saturated heterocycles. The Morgan fingerprint density at radius 1 is 1.36 bits per heavy atom. The van der Waals surface area contributed by atoms with Crippen LogP contribution in [0, 0.1) is 0 Å². The summed E-state index contributed by atoms with van der Waals surface area (Å²) >= 11 is -1.47. The first-order valence-electron chi connectivity index (χ1n) is 5.54. The normalized spacial score (nSPS) is 35.9. The zero-order valence-electron chi connectivity index (χ0n) is 8.70. The summed E-state index contributed by atoms with van der Waals surface area (Å²) in [6.45, 7) is 1.52. The van der Waals surface area contributed by atoms with Crippen LogP contribution in [0.1, 0.15) is 39.0 Å². The van der Waals surface area contributed by atoms with Crippen molar-refractivity contribution in [2.75, 3.05) is 0 Å². The Morgan fingerprint density at radius 2 is 2.21 bits per heavy atom. The molecule has 2 unspecified atom stereocenters. The summed E-state index contributed by atoms with van der Waals surface area (Å²) in [5.41, 5.74) is 0. The molecule has 0 saturated carbocycles. The maximum absolute atomic E-state index is 10.8. The van der Waals surface area contributed by atoms with Gasteiger partial charge in [-0.3, -0.25) is 0 Å². The van der Waals surface area contributed by atoms with Gasteiger partial charge < -0.3 is 0 Å². The number of carbonyl (C=O) groups is 1. The van der Waals surface area contributed by atoms with Crippen LogP contribution in [-0.4, -0.2) is 18.2 Å². The molecular weight excluding hydrogens is 369 g/mol. The molecule has 3 atom stereocenters. The number of hydrogen-bond acceptors (Lipinski definition) is 3. The van der Waals surface area contributed by atoms with Gasteiger partial charge in [-0.1, -0.05) is 0 Å². The van der Waals surface area contributed by atoms with Gasteiger partial charge in [0.2, 0.25) is 0 Å². The monoisotopic (exact) mass is 386 g/mol. The van der Waals surface area contributed by atoms with Crippen LogP contribution in [0.5, 0.6) is 0 Å². The second kappa shape index (κ2) is 4.93. The summed E-state index contributed by atoms with van der Waals surface area (Å²) < 4.78 is 11.9. The Hall–Kier alpha value is 0.365. The minimum atomic E-state index is -1.47. The fourth-order valence-electron chi connectivity index (χ4n) is 2.50. The van der Waals surface area contributed by atoms with E-state index < -0.39 is 25.0 Å². The third-order valence-electron chi connectivity index (χ3n) is 3.27. The molecule has 3 nitrogen and oxygen atoms in total. The van der Waals surface area contributed by atoms with Crippen molar-refractivity contribution in [3.63, 3.8) is 0 Å². The Kier molecular flexibility index (Phi) is 3.83. The molecule has 0 amide bonds. The molecule has 0 aromatic carbocycles. The van der Waals surface area contributed by atoms with Crippen molar-refractivity contribution in [3.8, 4) is 0 Å². The molecule has 0 aliphatic carbocycles. The van der Waals surface area contributed by atoms with E-state index in [9.17, 15) is 4.79 Å². The van der Waals surface area contributed by atoms with E-state index in [2.05, 4.69) is 0 Å². The van der Waals surface area contributed by atoms with Gasteiger partial charge in [0.1, 0.15) is 0 Å². The molecule has 14 heavy (non-hydrogen) atoms. The molecule has 0 spiro atoms. The zero-order chi connectivity index (χ0) is 9.97. The average Bonchev–Trinajstić information content (AvgIpc) is 2.46. The van der Waals surface area contributed by atoms with Crippen molar-refractivity contribution in [2.45, 2.75) is 54.7 Å². The predicted molar refractivity (Wildman–Crippen MR) is 47.3 cm³/mol. The SMILES string of the molecule is CC(=O)[O][Hg][C@H]1CCCC2CCC1O2. The second-order valence-corrected chi connectivity index (χ2v) is 10.9. The third kappa shape index (κ3) is 2.69. The summed E-state index contributed by atoms with van der Waals surface area (Å²) in [6.07, 6.45) is 7.15. The molecule has 0 aromatic heterocycles. The fourth-order valence-corrected chi connectivity index (χ4v) is 8.20. The van der Waals surface area contributed by atoms with Crippen LogP contribution in [0.3, 0.4) is 0 Å². The van der Waals surface area contributed by atoms with Crippen LogP contribution in [0.25, 0.3) is 0 Å². The molecule has 0 N–H and O–H groups in total. The van der Waals surface area contributed by atoms with Crippen molar-refractivity contribution >= 4 is 5.97 Å². The van der Waals surface area contributed by atoms with Crippen LogP contribution in [-0.2, 0) is 37.2 Å². The summed E-state index contributed by atoms with van der Waals surface area (Å²) in [7, 11) is 0. The Morgan fingerprint density at radius 3 is 3.00 bits per heavy atom. The third-order valence-corrected chi connectivity index (χ3v) is 10.8. The van der Waals surface area contributed by atoms with Gasteiger partial charge in [0.25, 0.3) is 0 Å². The number of ether oxygens (including phenoxy) is 1. The first kappa shape index (κ1) is 10.9. The van der Waals surface area contributed by atoms with Gasteiger partial charge in [-0.2, -0.15) is 0 Å². The van der Waals surface area contributed by atoms with Gasteiger partial charge in [-0.25, -0.2) is 0 Å². The predicted octanol–water partition coefficient (Wildman–Crippen LogP) is 2.07. The van der Waals surface area contributed by atoms with E-state index in [4.69, 9.17) is 7.38 Å². The maximum atomic E-state index is 10.8. The number of fused-ring (bicyclic) bond motifs is 2. The quantitative estimate of drug-likeness (QED) is 0.684. The van der Waals surface area contributed by atoms with Crippen LogP contribution >= 0.6 is 0 Å². The number of carbonyl (C=O) groups excluding carboxylic acids is 1. The summed E-state index contributed by atoms with van der Waals surface area (Å²) in [4.78, 5) is 10.8. The van der Waals surface area contributed by atoms with E-state index in [0.717, 1.165) is 0 Å². The number of hydrogen-bond donors (Lipinski definition) is 0. The molecule has 2 bridgehead atoms. The van der Waals surface area contributed by atoms with E-state index in [-0.39, 0.29) is 5.97 Å². The van der Waals surface area contributed by atoms with Crippen LogP contribution in [0.15, 0.2) is 0 Å².